The summed E-state index contributed by atoms with van der Waals surface area (Å²) in [7, 11) is 2.08. The number of aromatic nitrogens is 2. The van der Waals surface area contributed by atoms with Crippen LogP contribution in [0.15, 0.2) is 48.5 Å². The van der Waals surface area contributed by atoms with E-state index in [1.807, 2.05) is 45.9 Å². The van der Waals surface area contributed by atoms with Crippen LogP contribution in [-0.4, -0.2) is 58.5 Å². The molecule has 0 unspecified atom stereocenters. The van der Waals surface area contributed by atoms with Gasteiger partial charge in [-0.1, -0.05) is 23.7 Å². The van der Waals surface area contributed by atoms with Gasteiger partial charge >= 0.3 is 0 Å². The smallest absolute Gasteiger partial charge is 0.242 e. The molecule has 0 aliphatic carbocycles. The van der Waals surface area contributed by atoms with E-state index < -0.39 is 0 Å². The van der Waals surface area contributed by atoms with Crippen molar-refractivity contribution in [1.82, 2.24) is 19.4 Å². The van der Waals surface area contributed by atoms with E-state index in [4.69, 9.17) is 16.3 Å². The number of likely N-dealkylation sites (N-methyl/N-ethyl adjacent to an activating group) is 1. The summed E-state index contributed by atoms with van der Waals surface area (Å²) in [6, 6.07) is 15.1. The average Bonchev–Trinajstić information content (AvgIpc) is 3.05. The normalized spacial score (nSPS) is 15.1. The van der Waals surface area contributed by atoms with Crippen LogP contribution < -0.4 is 4.74 Å². The van der Waals surface area contributed by atoms with Crippen LogP contribution in [0.1, 0.15) is 5.82 Å². The third kappa shape index (κ3) is 4.13. The Balaban J connectivity index is 1.54. The van der Waals surface area contributed by atoms with E-state index in [0.29, 0.717) is 10.8 Å². The van der Waals surface area contributed by atoms with Crippen molar-refractivity contribution in [2.75, 3.05) is 33.2 Å². The second kappa shape index (κ2) is 8.20. The lowest BCUT2D eigenvalue weighted by Crippen LogP contribution is -2.48. The standard InChI is InChI=1S/C21H23ClN4O2/c1-24-10-12-25(13-11-24)21(27)14-26-19-5-3-2-4-18(19)23-20(26)15-28-17-8-6-16(22)7-9-17/h2-9H,10-15H2,1H3. The van der Waals surface area contributed by atoms with E-state index in [0.717, 1.165) is 43.0 Å². The van der Waals surface area contributed by atoms with Crippen molar-refractivity contribution in [2.45, 2.75) is 13.2 Å². The van der Waals surface area contributed by atoms with E-state index >= 15 is 0 Å². The Bertz CT molecular complexity index is 962. The van der Waals surface area contributed by atoms with E-state index in [-0.39, 0.29) is 19.1 Å². The van der Waals surface area contributed by atoms with Crippen molar-refractivity contribution in [3.63, 3.8) is 0 Å². The molecule has 1 saturated heterocycles. The molecule has 2 aromatic carbocycles. The first kappa shape index (κ1) is 18.8. The minimum Gasteiger partial charge on any atom is -0.486 e. The Morgan fingerprint density at radius 3 is 2.54 bits per heavy atom. The van der Waals surface area contributed by atoms with Gasteiger partial charge in [0.1, 0.15) is 24.7 Å². The molecule has 28 heavy (non-hydrogen) atoms. The predicted octanol–water partition coefficient (Wildman–Crippen LogP) is 3.04. The van der Waals surface area contributed by atoms with Gasteiger partial charge < -0.3 is 19.1 Å². The Morgan fingerprint density at radius 1 is 1.07 bits per heavy atom. The number of benzene rings is 2. The van der Waals surface area contributed by atoms with Crippen LogP contribution in [0.2, 0.25) is 5.02 Å². The molecule has 3 aromatic rings. The number of para-hydroxylation sites is 2. The number of halogens is 1. The minimum atomic E-state index is 0.115. The number of rotatable bonds is 5. The maximum atomic E-state index is 12.9. The maximum absolute atomic E-state index is 12.9. The Kier molecular flexibility index (Phi) is 5.50. The number of amides is 1. The third-order valence-electron chi connectivity index (χ3n) is 5.06. The van der Waals surface area contributed by atoms with Gasteiger partial charge in [0.25, 0.3) is 0 Å². The molecule has 0 N–H and O–H groups in total. The average molecular weight is 399 g/mol. The second-order valence-corrected chi connectivity index (χ2v) is 7.47. The number of piperazine rings is 1. The summed E-state index contributed by atoms with van der Waals surface area (Å²) in [4.78, 5) is 21.7. The molecule has 0 atom stereocenters. The van der Waals surface area contributed by atoms with E-state index in [1.54, 1.807) is 12.1 Å². The number of hydrogen-bond acceptors (Lipinski definition) is 4. The molecule has 1 aliphatic rings. The zero-order chi connectivity index (χ0) is 19.5. The molecule has 7 heteroatoms. The first-order chi connectivity index (χ1) is 13.6. The molecule has 1 aromatic heterocycles. The predicted molar refractivity (Wildman–Crippen MR) is 110 cm³/mol. The maximum Gasteiger partial charge on any atom is 0.242 e. The van der Waals surface area contributed by atoms with Crippen LogP contribution in [0.5, 0.6) is 5.75 Å². The highest BCUT2D eigenvalue weighted by Crippen LogP contribution is 2.20. The molecule has 6 nitrogen and oxygen atoms in total. The van der Waals surface area contributed by atoms with Gasteiger partial charge in [0.2, 0.25) is 5.91 Å². The summed E-state index contributed by atoms with van der Waals surface area (Å²) in [6.45, 7) is 3.89. The van der Waals surface area contributed by atoms with Crippen molar-refractivity contribution in [3.05, 3.63) is 59.4 Å². The van der Waals surface area contributed by atoms with Crippen molar-refractivity contribution >= 4 is 28.5 Å². The molecule has 0 saturated carbocycles. The first-order valence-corrected chi connectivity index (χ1v) is 9.77. The summed E-state index contributed by atoms with van der Waals surface area (Å²) in [6.07, 6.45) is 0. The van der Waals surface area contributed by atoms with Gasteiger partial charge in [0.05, 0.1) is 11.0 Å². The first-order valence-electron chi connectivity index (χ1n) is 9.39. The van der Waals surface area contributed by atoms with Gasteiger partial charge in [-0.15, -0.1) is 0 Å². The molecule has 0 spiro atoms. The van der Waals surface area contributed by atoms with Crippen LogP contribution >= 0.6 is 11.6 Å². The number of hydrogen-bond donors (Lipinski definition) is 0. The number of carbonyl (C=O) groups is 1. The number of nitrogens with zero attached hydrogens (tertiary/aromatic N) is 4. The number of carbonyl (C=O) groups excluding carboxylic acids is 1. The topological polar surface area (TPSA) is 50.6 Å². The summed E-state index contributed by atoms with van der Waals surface area (Å²) < 4.78 is 7.85. The third-order valence-corrected chi connectivity index (χ3v) is 5.32. The summed E-state index contributed by atoms with van der Waals surface area (Å²) in [5, 5.41) is 0.664. The number of imidazole rings is 1. The molecule has 146 valence electrons. The molecule has 0 bridgehead atoms. The fourth-order valence-electron chi connectivity index (χ4n) is 3.38. The molecule has 2 heterocycles. The molecular weight excluding hydrogens is 376 g/mol. The Labute approximate surface area is 169 Å². The number of fused-ring (bicyclic) bond motifs is 1. The fourth-order valence-corrected chi connectivity index (χ4v) is 3.51. The van der Waals surface area contributed by atoms with E-state index in [2.05, 4.69) is 16.9 Å². The SMILES string of the molecule is CN1CCN(C(=O)Cn2c(COc3ccc(Cl)cc3)nc3ccccc32)CC1. The number of ether oxygens (including phenoxy) is 1. The zero-order valence-corrected chi connectivity index (χ0v) is 16.6. The summed E-state index contributed by atoms with van der Waals surface area (Å²) in [5.74, 6) is 1.57. The van der Waals surface area contributed by atoms with Crippen LogP contribution in [-0.2, 0) is 17.9 Å². The molecule has 1 aliphatic heterocycles. The van der Waals surface area contributed by atoms with Crippen LogP contribution in [0, 0.1) is 0 Å². The Morgan fingerprint density at radius 2 is 1.79 bits per heavy atom. The fraction of sp³-hybridized carbons (Fsp3) is 0.333. The van der Waals surface area contributed by atoms with Crippen molar-refractivity contribution in [2.24, 2.45) is 0 Å². The van der Waals surface area contributed by atoms with E-state index in [1.165, 1.54) is 0 Å². The van der Waals surface area contributed by atoms with Gasteiger partial charge in [-0.2, -0.15) is 0 Å². The lowest BCUT2D eigenvalue weighted by atomic mass is 10.3. The van der Waals surface area contributed by atoms with Crippen molar-refractivity contribution in [1.29, 1.82) is 0 Å². The van der Waals surface area contributed by atoms with Crippen LogP contribution in [0.4, 0.5) is 0 Å². The Hall–Kier alpha value is -2.57. The summed E-state index contributed by atoms with van der Waals surface area (Å²) >= 11 is 5.93. The van der Waals surface area contributed by atoms with Gasteiger partial charge in [0, 0.05) is 31.2 Å². The minimum absolute atomic E-state index is 0.115. The molecule has 1 fully saturated rings. The van der Waals surface area contributed by atoms with Gasteiger partial charge in [-0.25, -0.2) is 4.98 Å². The van der Waals surface area contributed by atoms with Crippen LogP contribution in [0.3, 0.4) is 0 Å². The van der Waals surface area contributed by atoms with Gasteiger partial charge in [0.15, 0.2) is 0 Å². The van der Waals surface area contributed by atoms with Crippen molar-refractivity contribution < 1.29 is 9.53 Å². The molecule has 1 amide bonds. The highest BCUT2D eigenvalue weighted by Gasteiger charge is 2.21. The zero-order valence-electron chi connectivity index (χ0n) is 15.8. The molecular formula is C21H23ClN4O2. The monoisotopic (exact) mass is 398 g/mol. The highest BCUT2D eigenvalue weighted by atomic mass is 35.5. The van der Waals surface area contributed by atoms with Gasteiger partial charge in [-0.05, 0) is 43.4 Å². The second-order valence-electron chi connectivity index (χ2n) is 7.03. The highest BCUT2D eigenvalue weighted by molar-refractivity contribution is 6.30. The van der Waals surface area contributed by atoms with Crippen molar-refractivity contribution in [3.8, 4) is 5.75 Å². The largest absolute Gasteiger partial charge is 0.486 e. The lowest BCUT2D eigenvalue weighted by molar-refractivity contribution is -0.133. The lowest BCUT2D eigenvalue weighted by Gasteiger charge is -2.32. The molecule has 4 rings (SSSR count). The summed E-state index contributed by atoms with van der Waals surface area (Å²) in [5.41, 5.74) is 1.81. The van der Waals surface area contributed by atoms with Crippen LogP contribution in [0.25, 0.3) is 11.0 Å². The van der Waals surface area contributed by atoms with Gasteiger partial charge in [-0.3, -0.25) is 4.79 Å². The quantitative estimate of drug-likeness (QED) is 0.662. The molecule has 0 radical (unpaired) electrons. The van der Waals surface area contributed by atoms with E-state index in [9.17, 15) is 4.79 Å².